The predicted octanol–water partition coefficient (Wildman–Crippen LogP) is 1.31. The van der Waals surface area contributed by atoms with Crippen LogP contribution < -0.4 is 10.6 Å². The maximum Gasteiger partial charge on any atom is 0.191 e. The molecular formula is C12H21N5S. The average molecular weight is 267 g/mol. The first-order valence-electron chi connectivity index (χ1n) is 6.31. The number of hydrogen-bond acceptors (Lipinski definition) is 6. The summed E-state index contributed by atoms with van der Waals surface area (Å²) in [6, 6.07) is 2.42. The van der Waals surface area contributed by atoms with Crippen LogP contribution in [0.5, 0.6) is 0 Å². The van der Waals surface area contributed by atoms with Gasteiger partial charge in [0.15, 0.2) is 5.16 Å². The predicted molar refractivity (Wildman–Crippen MR) is 77.1 cm³/mol. The molecule has 2 N–H and O–H groups in total. The molecule has 0 amide bonds. The summed E-state index contributed by atoms with van der Waals surface area (Å²) in [5.41, 5.74) is 5.83. The molecular weight excluding hydrogens is 246 g/mol. The second-order valence-electron chi connectivity index (χ2n) is 4.56. The van der Waals surface area contributed by atoms with Crippen molar-refractivity contribution in [2.75, 3.05) is 43.1 Å². The van der Waals surface area contributed by atoms with E-state index in [1.165, 1.54) is 11.8 Å². The van der Waals surface area contributed by atoms with E-state index in [-0.39, 0.29) is 0 Å². The number of anilines is 2. The van der Waals surface area contributed by atoms with Gasteiger partial charge in [-0.05, 0) is 19.7 Å². The van der Waals surface area contributed by atoms with Crippen molar-refractivity contribution < 1.29 is 0 Å². The second-order valence-corrected chi connectivity index (χ2v) is 5.33. The Hall–Kier alpha value is -1.01. The first-order valence-corrected chi connectivity index (χ1v) is 7.54. The molecule has 1 aromatic rings. The molecule has 1 saturated heterocycles. The Bertz CT molecular complexity index is 411. The van der Waals surface area contributed by atoms with E-state index in [1.54, 1.807) is 0 Å². The summed E-state index contributed by atoms with van der Waals surface area (Å²) in [5.74, 6) is 1.50. The van der Waals surface area contributed by atoms with Gasteiger partial charge in [-0.15, -0.1) is 0 Å². The molecule has 1 aliphatic rings. The van der Waals surface area contributed by atoms with Gasteiger partial charge in [-0.1, -0.05) is 18.7 Å². The fourth-order valence-electron chi connectivity index (χ4n) is 2.36. The van der Waals surface area contributed by atoms with Crippen LogP contribution in [0.1, 0.15) is 13.8 Å². The van der Waals surface area contributed by atoms with Crippen molar-refractivity contribution in [2.24, 2.45) is 0 Å². The van der Waals surface area contributed by atoms with Crippen LogP contribution in [0, 0.1) is 0 Å². The Kier molecular flexibility index (Phi) is 4.29. The van der Waals surface area contributed by atoms with Crippen molar-refractivity contribution >= 4 is 23.4 Å². The molecule has 5 nitrogen and oxygen atoms in total. The number of piperazine rings is 1. The topological polar surface area (TPSA) is 58.3 Å². The van der Waals surface area contributed by atoms with Gasteiger partial charge >= 0.3 is 0 Å². The summed E-state index contributed by atoms with van der Waals surface area (Å²) in [6.45, 7) is 8.66. The maximum absolute atomic E-state index is 5.83. The smallest absolute Gasteiger partial charge is 0.191 e. The van der Waals surface area contributed by atoms with Crippen LogP contribution >= 0.6 is 11.8 Å². The molecule has 0 spiro atoms. The van der Waals surface area contributed by atoms with Gasteiger partial charge in [-0.2, -0.15) is 0 Å². The van der Waals surface area contributed by atoms with Crippen LogP contribution in [0.25, 0.3) is 0 Å². The standard InChI is InChI=1S/C12H21N5S/c1-4-16-5-6-17(8-9(16)2)11-7-10(13)14-12(15-11)18-3/h7,9H,4-6,8H2,1-3H3,(H2,13,14,15). The molecule has 0 radical (unpaired) electrons. The van der Waals surface area contributed by atoms with E-state index in [2.05, 4.69) is 33.6 Å². The van der Waals surface area contributed by atoms with Crippen molar-refractivity contribution in [3.05, 3.63) is 6.07 Å². The lowest BCUT2D eigenvalue weighted by molar-refractivity contribution is 0.199. The summed E-state index contributed by atoms with van der Waals surface area (Å²) in [5, 5.41) is 0.746. The Morgan fingerprint density at radius 2 is 2.22 bits per heavy atom. The Balaban J connectivity index is 2.15. The molecule has 100 valence electrons. The highest BCUT2D eigenvalue weighted by Gasteiger charge is 2.23. The van der Waals surface area contributed by atoms with Gasteiger partial charge in [-0.3, -0.25) is 4.90 Å². The number of thioether (sulfide) groups is 1. The van der Waals surface area contributed by atoms with E-state index in [0.717, 1.165) is 37.2 Å². The lowest BCUT2D eigenvalue weighted by atomic mass is 10.2. The van der Waals surface area contributed by atoms with Gasteiger partial charge in [0.2, 0.25) is 0 Å². The maximum atomic E-state index is 5.83. The summed E-state index contributed by atoms with van der Waals surface area (Å²) < 4.78 is 0. The lowest BCUT2D eigenvalue weighted by Crippen LogP contribution is -2.52. The molecule has 0 bridgehead atoms. The molecule has 2 heterocycles. The fraction of sp³-hybridized carbons (Fsp3) is 0.667. The average Bonchev–Trinajstić information content (AvgIpc) is 2.37. The molecule has 1 atom stereocenters. The van der Waals surface area contributed by atoms with Crippen LogP contribution in [0.4, 0.5) is 11.6 Å². The van der Waals surface area contributed by atoms with Crippen molar-refractivity contribution in [1.29, 1.82) is 0 Å². The summed E-state index contributed by atoms with van der Waals surface area (Å²) in [7, 11) is 0. The molecule has 1 unspecified atom stereocenters. The minimum atomic E-state index is 0.551. The minimum Gasteiger partial charge on any atom is -0.383 e. The summed E-state index contributed by atoms with van der Waals surface area (Å²) in [6.07, 6.45) is 1.97. The molecule has 1 aromatic heterocycles. The SMILES string of the molecule is CCN1CCN(c2cc(N)nc(SC)n2)CC1C. The van der Waals surface area contributed by atoms with Crippen LogP contribution in [0.2, 0.25) is 0 Å². The monoisotopic (exact) mass is 267 g/mol. The zero-order valence-corrected chi connectivity index (χ0v) is 12.1. The number of nitrogen functional groups attached to an aromatic ring is 1. The number of hydrogen-bond donors (Lipinski definition) is 1. The van der Waals surface area contributed by atoms with Crippen LogP contribution in [0.15, 0.2) is 11.2 Å². The number of rotatable bonds is 3. The molecule has 1 aliphatic heterocycles. The lowest BCUT2D eigenvalue weighted by Gasteiger charge is -2.39. The molecule has 2 rings (SSSR count). The van der Waals surface area contributed by atoms with E-state index < -0.39 is 0 Å². The number of nitrogens with two attached hydrogens (primary N) is 1. The van der Waals surface area contributed by atoms with Crippen LogP contribution in [0.3, 0.4) is 0 Å². The Labute approximate surface area is 113 Å². The van der Waals surface area contributed by atoms with Crippen molar-refractivity contribution in [3.8, 4) is 0 Å². The summed E-state index contributed by atoms with van der Waals surface area (Å²) >= 11 is 1.53. The summed E-state index contributed by atoms with van der Waals surface area (Å²) in [4.78, 5) is 13.5. The third-order valence-electron chi connectivity index (χ3n) is 3.39. The van der Waals surface area contributed by atoms with Gasteiger partial charge in [0.1, 0.15) is 11.6 Å². The highest BCUT2D eigenvalue weighted by atomic mass is 32.2. The molecule has 6 heteroatoms. The highest BCUT2D eigenvalue weighted by Crippen LogP contribution is 2.21. The molecule has 0 aromatic carbocycles. The molecule has 0 saturated carbocycles. The molecule has 18 heavy (non-hydrogen) atoms. The van der Waals surface area contributed by atoms with Gasteiger partial charge in [0.25, 0.3) is 0 Å². The zero-order chi connectivity index (χ0) is 13.1. The van der Waals surface area contributed by atoms with E-state index in [1.807, 2.05) is 12.3 Å². The van der Waals surface area contributed by atoms with Crippen molar-refractivity contribution in [3.63, 3.8) is 0 Å². The second kappa shape index (κ2) is 5.75. The number of likely N-dealkylation sites (N-methyl/N-ethyl adjacent to an activating group) is 1. The fourth-order valence-corrected chi connectivity index (χ4v) is 2.74. The van der Waals surface area contributed by atoms with E-state index in [9.17, 15) is 0 Å². The first-order chi connectivity index (χ1) is 8.63. The van der Waals surface area contributed by atoms with Crippen LogP contribution in [-0.2, 0) is 0 Å². The largest absolute Gasteiger partial charge is 0.383 e. The van der Waals surface area contributed by atoms with Crippen molar-refractivity contribution in [2.45, 2.75) is 25.0 Å². The molecule has 1 fully saturated rings. The van der Waals surface area contributed by atoms with Crippen LogP contribution in [-0.4, -0.2) is 53.3 Å². The third-order valence-corrected chi connectivity index (χ3v) is 3.94. The first kappa shape index (κ1) is 13.4. The quantitative estimate of drug-likeness (QED) is 0.658. The van der Waals surface area contributed by atoms with Gasteiger partial charge < -0.3 is 10.6 Å². The highest BCUT2D eigenvalue weighted by molar-refractivity contribution is 7.98. The Morgan fingerprint density at radius 3 is 2.83 bits per heavy atom. The Morgan fingerprint density at radius 1 is 1.44 bits per heavy atom. The minimum absolute atomic E-state index is 0.551. The molecule has 0 aliphatic carbocycles. The van der Waals surface area contributed by atoms with E-state index in [0.29, 0.717) is 11.9 Å². The third kappa shape index (κ3) is 2.87. The zero-order valence-electron chi connectivity index (χ0n) is 11.3. The van der Waals surface area contributed by atoms with Gasteiger partial charge in [-0.25, -0.2) is 9.97 Å². The number of nitrogens with zero attached hydrogens (tertiary/aromatic N) is 4. The van der Waals surface area contributed by atoms with Crippen molar-refractivity contribution in [1.82, 2.24) is 14.9 Å². The normalized spacial score (nSPS) is 21.3. The van der Waals surface area contributed by atoms with E-state index in [4.69, 9.17) is 5.73 Å². The van der Waals surface area contributed by atoms with Gasteiger partial charge in [0.05, 0.1) is 0 Å². The van der Waals surface area contributed by atoms with E-state index >= 15 is 0 Å². The van der Waals surface area contributed by atoms with Gasteiger partial charge in [0, 0.05) is 31.7 Å². The number of aromatic nitrogens is 2.